The number of pyridine rings is 1. The first-order chi connectivity index (χ1) is 13.0. The third-order valence-electron chi connectivity index (χ3n) is 4.43. The molecule has 0 aliphatic heterocycles. The zero-order chi connectivity index (χ0) is 19.1. The first-order valence-corrected chi connectivity index (χ1v) is 8.59. The molecule has 0 atom stereocenters. The third-order valence-corrected chi connectivity index (χ3v) is 4.43. The van der Waals surface area contributed by atoms with E-state index in [9.17, 15) is 9.18 Å². The average molecular weight is 363 g/mol. The van der Waals surface area contributed by atoms with Crippen LogP contribution in [0.4, 0.5) is 10.1 Å². The average Bonchev–Trinajstić information content (AvgIpc) is 3.23. The molecular weight excluding hydrogens is 345 g/mol. The standard InChI is InChI=1S/C20H18FN5O/c1-4-13-6-7-15(18-16(13)11-26(5-2)24-18)20(27)23-14-8-17(21)19-22-12(3)9-25(19)10-14/h4,6-11H,1,5H2,2-3H3,(H,23,27). The number of carbonyl (C=O) groups excluding carboxylic acids is 1. The van der Waals surface area contributed by atoms with Crippen molar-refractivity contribution in [3.8, 4) is 0 Å². The number of hydrogen-bond acceptors (Lipinski definition) is 3. The van der Waals surface area contributed by atoms with Gasteiger partial charge < -0.3 is 9.72 Å². The highest BCUT2D eigenvalue weighted by Crippen LogP contribution is 2.24. The summed E-state index contributed by atoms with van der Waals surface area (Å²) in [7, 11) is 0. The van der Waals surface area contributed by atoms with Gasteiger partial charge in [-0.1, -0.05) is 18.7 Å². The van der Waals surface area contributed by atoms with Gasteiger partial charge in [0.05, 0.1) is 16.9 Å². The lowest BCUT2D eigenvalue weighted by Gasteiger charge is -2.08. The number of amides is 1. The molecule has 0 bridgehead atoms. The van der Waals surface area contributed by atoms with Gasteiger partial charge in [0.15, 0.2) is 11.5 Å². The summed E-state index contributed by atoms with van der Waals surface area (Å²) in [5.74, 6) is -0.851. The van der Waals surface area contributed by atoms with Gasteiger partial charge in [0.2, 0.25) is 0 Å². The van der Waals surface area contributed by atoms with E-state index in [0.29, 0.717) is 29.0 Å². The van der Waals surface area contributed by atoms with E-state index in [1.54, 1.807) is 40.5 Å². The van der Waals surface area contributed by atoms with Crippen molar-refractivity contribution >= 4 is 34.2 Å². The number of imidazole rings is 1. The summed E-state index contributed by atoms with van der Waals surface area (Å²) >= 11 is 0. The van der Waals surface area contributed by atoms with Crippen LogP contribution in [0.1, 0.15) is 28.5 Å². The Bertz CT molecular complexity index is 1200. The van der Waals surface area contributed by atoms with Gasteiger partial charge in [0.1, 0.15) is 5.52 Å². The van der Waals surface area contributed by atoms with Gasteiger partial charge in [-0.05, 0) is 25.5 Å². The topological polar surface area (TPSA) is 64.2 Å². The molecule has 0 fully saturated rings. The molecule has 6 nitrogen and oxygen atoms in total. The Hall–Kier alpha value is -3.48. The molecule has 0 aliphatic carbocycles. The lowest BCUT2D eigenvalue weighted by Crippen LogP contribution is -2.13. The van der Waals surface area contributed by atoms with Crippen LogP contribution in [0.3, 0.4) is 0 Å². The number of anilines is 1. The Morgan fingerprint density at radius 1 is 1.33 bits per heavy atom. The normalized spacial score (nSPS) is 11.2. The Morgan fingerprint density at radius 2 is 2.15 bits per heavy atom. The van der Waals surface area contributed by atoms with Crippen molar-refractivity contribution in [1.82, 2.24) is 19.2 Å². The number of fused-ring (bicyclic) bond motifs is 2. The summed E-state index contributed by atoms with van der Waals surface area (Å²) in [5.41, 5.74) is 3.19. The van der Waals surface area contributed by atoms with Crippen LogP contribution in [-0.4, -0.2) is 25.1 Å². The smallest absolute Gasteiger partial charge is 0.257 e. The summed E-state index contributed by atoms with van der Waals surface area (Å²) in [6.07, 6.45) is 6.96. The van der Waals surface area contributed by atoms with Gasteiger partial charge in [0.25, 0.3) is 5.91 Å². The number of rotatable bonds is 4. The van der Waals surface area contributed by atoms with Gasteiger partial charge in [-0.3, -0.25) is 9.48 Å². The minimum Gasteiger partial charge on any atom is -0.320 e. The molecule has 136 valence electrons. The van der Waals surface area contributed by atoms with Crippen molar-refractivity contribution in [3.63, 3.8) is 0 Å². The minimum atomic E-state index is -0.497. The Balaban J connectivity index is 1.75. The summed E-state index contributed by atoms with van der Waals surface area (Å²) in [4.78, 5) is 17.0. The molecule has 4 aromatic rings. The van der Waals surface area contributed by atoms with Crippen molar-refractivity contribution in [2.24, 2.45) is 0 Å². The van der Waals surface area contributed by atoms with Crippen molar-refractivity contribution in [2.45, 2.75) is 20.4 Å². The van der Waals surface area contributed by atoms with Crippen LogP contribution in [0, 0.1) is 12.7 Å². The molecule has 3 aromatic heterocycles. The molecule has 27 heavy (non-hydrogen) atoms. The lowest BCUT2D eigenvalue weighted by atomic mass is 10.1. The highest BCUT2D eigenvalue weighted by molar-refractivity contribution is 6.12. The van der Waals surface area contributed by atoms with Crippen molar-refractivity contribution in [1.29, 1.82) is 0 Å². The molecule has 0 unspecified atom stereocenters. The van der Waals surface area contributed by atoms with E-state index in [1.165, 1.54) is 6.07 Å². The van der Waals surface area contributed by atoms with Crippen LogP contribution in [0.5, 0.6) is 0 Å². The molecular formula is C20H18FN5O. The van der Waals surface area contributed by atoms with E-state index in [4.69, 9.17) is 0 Å². The largest absolute Gasteiger partial charge is 0.320 e. The highest BCUT2D eigenvalue weighted by atomic mass is 19.1. The minimum absolute atomic E-state index is 0.227. The molecule has 4 rings (SSSR count). The Labute approximate surface area is 154 Å². The van der Waals surface area contributed by atoms with E-state index in [2.05, 4.69) is 22.0 Å². The maximum atomic E-state index is 14.3. The second-order valence-corrected chi connectivity index (χ2v) is 6.30. The fraction of sp³-hybridized carbons (Fsp3) is 0.150. The molecule has 0 saturated carbocycles. The number of aromatic nitrogens is 4. The number of halogens is 1. The molecule has 0 radical (unpaired) electrons. The third kappa shape index (κ3) is 2.87. The van der Waals surface area contributed by atoms with E-state index in [0.717, 1.165) is 10.9 Å². The van der Waals surface area contributed by atoms with Gasteiger partial charge in [0, 0.05) is 36.6 Å². The first kappa shape index (κ1) is 17.0. The molecule has 0 spiro atoms. The zero-order valence-corrected chi connectivity index (χ0v) is 15.0. The second kappa shape index (κ2) is 6.35. The molecule has 1 amide bonds. The van der Waals surface area contributed by atoms with Crippen molar-refractivity contribution in [3.05, 3.63) is 66.0 Å². The van der Waals surface area contributed by atoms with Gasteiger partial charge >= 0.3 is 0 Å². The number of nitrogens with one attached hydrogen (secondary N) is 1. The summed E-state index contributed by atoms with van der Waals surface area (Å²) in [6.45, 7) is 8.26. The van der Waals surface area contributed by atoms with Crippen LogP contribution in [-0.2, 0) is 6.54 Å². The first-order valence-electron chi connectivity index (χ1n) is 8.59. The predicted molar refractivity (Wildman–Crippen MR) is 103 cm³/mol. The molecule has 0 aliphatic rings. The van der Waals surface area contributed by atoms with Crippen LogP contribution in [0.2, 0.25) is 0 Å². The van der Waals surface area contributed by atoms with Crippen LogP contribution < -0.4 is 5.32 Å². The van der Waals surface area contributed by atoms with Gasteiger partial charge in [-0.2, -0.15) is 5.10 Å². The summed E-state index contributed by atoms with van der Waals surface area (Å²) < 4.78 is 17.6. The predicted octanol–water partition coefficient (Wildman–Crippen LogP) is 4.05. The Kier molecular flexibility index (Phi) is 3.99. The number of aryl methyl sites for hydroxylation is 2. The van der Waals surface area contributed by atoms with Crippen LogP contribution >= 0.6 is 0 Å². The van der Waals surface area contributed by atoms with E-state index < -0.39 is 5.82 Å². The van der Waals surface area contributed by atoms with Crippen LogP contribution in [0.25, 0.3) is 22.6 Å². The molecule has 0 saturated heterocycles. The van der Waals surface area contributed by atoms with Crippen molar-refractivity contribution in [2.75, 3.05) is 5.32 Å². The SMILES string of the molecule is C=Cc1ccc(C(=O)Nc2cc(F)c3nc(C)cn3c2)c2nn(CC)cc12. The molecule has 7 heteroatoms. The number of carbonyl (C=O) groups is 1. The molecule has 1 aromatic carbocycles. The fourth-order valence-electron chi connectivity index (χ4n) is 3.14. The highest BCUT2D eigenvalue weighted by Gasteiger charge is 2.16. The molecule has 1 N–H and O–H groups in total. The van der Waals surface area contributed by atoms with Gasteiger partial charge in [-0.15, -0.1) is 0 Å². The summed E-state index contributed by atoms with van der Waals surface area (Å²) in [6, 6.07) is 4.80. The van der Waals surface area contributed by atoms with Crippen LogP contribution in [0.15, 0.2) is 43.4 Å². The maximum absolute atomic E-state index is 14.3. The van der Waals surface area contributed by atoms with Gasteiger partial charge in [-0.25, -0.2) is 9.37 Å². The monoisotopic (exact) mass is 363 g/mol. The molecule has 3 heterocycles. The quantitative estimate of drug-likeness (QED) is 0.595. The zero-order valence-electron chi connectivity index (χ0n) is 15.0. The lowest BCUT2D eigenvalue weighted by molar-refractivity contribution is 0.102. The maximum Gasteiger partial charge on any atom is 0.257 e. The summed E-state index contributed by atoms with van der Waals surface area (Å²) in [5, 5.41) is 8.10. The van der Waals surface area contributed by atoms with Crippen molar-refractivity contribution < 1.29 is 9.18 Å². The Morgan fingerprint density at radius 3 is 2.89 bits per heavy atom. The second-order valence-electron chi connectivity index (χ2n) is 6.30. The van der Waals surface area contributed by atoms with E-state index in [-0.39, 0.29) is 11.6 Å². The van der Waals surface area contributed by atoms with E-state index >= 15 is 0 Å². The number of hydrogen-bond donors (Lipinski definition) is 1. The number of nitrogens with zero attached hydrogens (tertiary/aromatic N) is 4. The van der Waals surface area contributed by atoms with E-state index in [1.807, 2.05) is 19.2 Å². The number of benzene rings is 1. The fourth-order valence-corrected chi connectivity index (χ4v) is 3.14.